The molecule has 0 amide bonds. The van der Waals surface area contributed by atoms with Gasteiger partial charge >= 0.3 is 0 Å². The number of unbranched alkanes of at least 4 members (excludes halogenated alkanes) is 13. The Morgan fingerprint density at radius 1 is 0.879 bits per heavy atom. The molecule has 33 heavy (non-hydrogen) atoms. The summed E-state index contributed by atoms with van der Waals surface area (Å²) < 4.78 is 36.5. The van der Waals surface area contributed by atoms with Crippen LogP contribution in [-0.4, -0.2) is 22.6 Å². The molecule has 0 fully saturated rings. The number of hydrogen-bond acceptors (Lipinski definition) is 6. The number of nitrogen functional groups attached to an aromatic ring is 1. The molecule has 0 aliphatic rings. The molecule has 2 aromatic rings. The van der Waals surface area contributed by atoms with Crippen LogP contribution in [0.15, 0.2) is 29.1 Å². The van der Waals surface area contributed by atoms with Crippen molar-refractivity contribution in [3.05, 3.63) is 40.4 Å². The number of benzene rings is 1. The molecule has 1 aromatic carbocycles. The largest absolute Gasteiger partial charge is 0.747 e. The fraction of sp³-hybridized carbons (Fsp3) is 0.680. The van der Waals surface area contributed by atoms with Gasteiger partial charge in [0.05, 0.1) is 10.9 Å². The normalized spacial score (nSPS) is 12.9. The lowest BCUT2D eigenvalue weighted by Crippen LogP contribution is -2.34. The number of rotatable bonds is 17. The topological polar surface area (TPSA) is 118 Å². The van der Waals surface area contributed by atoms with E-state index in [-0.39, 0.29) is 12.2 Å². The Kier molecular flexibility index (Phi) is 11.9. The molecule has 1 atom stereocenters. The number of aromatic nitrogens is 2. The maximum atomic E-state index is 12.5. The molecule has 2 N–H and O–H groups in total. The summed E-state index contributed by atoms with van der Waals surface area (Å²) in [4.78, 5) is 16.7. The minimum atomic E-state index is -4.70. The maximum Gasteiger partial charge on any atom is 0.279 e. The molecule has 7 nitrogen and oxygen atoms in total. The van der Waals surface area contributed by atoms with Crippen molar-refractivity contribution >= 4 is 21.0 Å². The van der Waals surface area contributed by atoms with Crippen LogP contribution in [0.4, 0.5) is 0 Å². The standard InChI is InChI=1S/C25H41N3O4S/c1-2-3-4-5-6-7-8-9-10-11-12-13-14-15-20-23(33(30,31)32)24-27-22-19-17-16-18-21(22)25(29)28(24)26/h16-19,23H,2-15,20,26H2,1H3,(H,30,31,32)/p-1. The predicted octanol–water partition coefficient (Wildman–Crippen LogP) is 5.57. The van der Waals surface area contributed by atoms with Gasteiger partial charge in [0.1, 0.15) is 21.2 Å². The molecule has 0 saturated carbocycles. The zero-order valence-corrected chi connectivity index (χ0v) is 20.8. The summed E-state index contributed by atoms with van der Waals surface area (Å²) in [5.41, 5.74) is -0.209. The van der Waals surface area contributed by atoms with Crippen molar-refractivity contribution in [2.75, 3.05) is 5.84 Å². The van der Waals surface area contributed by atoms with E-state index in [2.05, 4.69) is 11.9 Å². The number of fused-ring (bicyclic) bond motifs is 1. The van der Waals surface area contributed by atoms with Crippen LogP contribution in [0.2, 0.25) is 0 Å². The zero-order valence-electron chi connectivity index (χ0n) is 20.0. The van der Waals surface area contributed by atoms with Crippen molar-refractivity contribution in [2.24, 2.45) is 0 Å². The molecule has 2 rings (SSSR count). The Morgan fingerprint density at radius 2 is 1.36 bits per heavy atom. The third kappa shape index (κ3) is 9.08. The summed E-state index contributed by atoms with van der Waals surface area (Å²) in [6.45, 7) is 2.24. The second-order valence-electron chi connectivity index (χ2n) is 9.03. The first kappa shape index (κ1) is 27.3. The van der Waals surface area contributed by atoms with Crippen LogP contribution in [0.1, 0.15) is 114 Å². The van der Waals surface area contributed by atoms with E-state index in [0.29, 0.717) is 22.0 Å². The first-order valence-corrected chi connectivity index (χ1v) is 14.0. The van der Waals surface area contributed by atoms with E-state index in [1.165, 1.54) is 64.2 Å². The van der Waals surface area contributed by atoms with Gasteiger partial charge in [0.2, 0.25) is 0 Å². The lowest BCUT2D eigenvalue weighted by Gasteiger charge is -2.22. The van der Waals surface area contributed by atoms with Gasteiger partial charge in [0.25, 0.3) is 5.56 Å². The van der Waals surface area contributed by atoms with Crippen LogP contribution in [0.25, 0.3) is 10.9 Å². The molecule has 0 bridgehead atoms. The van der Waals surface area contributed by atoms with Crippen LogP contribution in [0.3, 0.4) is 0 Å². The lowest BCUT2D eigenvalue weighted by molar-refractivity contribution is 0.435. The highest BCUT2D eigenvalue weighted by molar-refractivity contribution is 7.85. The highest BCUT2D eigenvalue weighted by atomic mass is 32.2. The number of para-hydroxylation sites is 1. The molecule has 8 heteroatoms. The van der Waals surface area contributed by atoms with E-state index < -0.39 is 20.9 Å². The van der Waals surface area contributed by atoms with Crippen molar-refractivity contribution in [2.45, 2.75) is 108 Å². The van der Waals surface area contributed by atoms with E-state index in [0.717, 1.165) is 19.3 Å². The average molecular weight is 479 g/mol. The SMILES string of the molecule is CCCCCCCCCCCCCCCCC(c1nc2ccccc2c(=O)n1N)S(=O)(=O)[O-]. The lowest BCUT2D eigenvalue weighted by atomic mass is 10.0. The van der Waals surface area contributed by atoms with Gasteiger partial charge in [-0.2, -0.15) is 0 Å². The van der Waals surface area contributed by atoms with Crippen molar-refractivity contribution in [3.8, 4) is 0 Å². The molecule has 1 aromatic heterocycles. The second-order valence-corrected chi connectivity index (χ2v) is 10.6. The third-order valence-corrected chi connectivity index (χ3v) is 7.43. The van der Waals surface area contributed by atoms with Gasteiger partial charge in [-0.25, -0.2) is 18.1 Å². The molecule has 0 aliphatic heterocycles. The Hall–Kier alpha value is -1.93. The number of nitrogens with two attached hydrogens (primary N) is 1. The minimum absolute atomic E-state index is 0.117. The van der Waals surface area contributed by atoms with E-state index >= 15 is 0 Å². The smallest absolute Gasteiger partial charge is 0.279 e. The maximum absolute atomic E-state index is 12.5. The van der Waals surface area contributed by atoms with Crippen molar-refractivity contribution in [3.63, 3.8) is 0 Å². The summed E-state index contributed by atoms with van der Waals surface area (Å²) in [7, 11) is -4.70. The number of hydrogen-bond donors (Lipinski definition) is 1. The number of nitrogens with zero attached hydrogens (tertiary/aromatic N) is 2. The molecule has 1 unspecified atom stereocenters. The quantitative estimate of drug-likeness (QED) is 0.180. The van der Waals surface area contributed by atoms with Crippen LogP contribution in [0, 0.1) is 0 Å². The Morgan fingerprint density at radius 3 is 1.88 bits per heavy atom. The van der Waals surface area contributed by atoms with E-state index in [1.807, 2.05) is 0 Å². The van der Waals surface area contributed by atoms with Gasteiger partial charge in [-0.3, -0.25) is 4.79 Å². The van der Waals surface area contributed by atoms with Crippen LogP contribution < -0.4 is 11.4 Å². The van der Waals surface area contributed by atoms with Gasteiger partial charge in [-0.1, -0.05) is 109 Å². The van der Waals surface area contributed by atoms with Gasteiger partial charge < -0.3 is 10.4 Å². The Labute approximate surface area is 198 Å². The van der Waals surface area contributed by atoms with Crippen molar-refractivity contribution < 1.29 is 13.0 Å². The molecule has 0 radical (unpaired) electrons. The molecular formula is C25H40N3O4S-. The molecule has 1 heterocycles. The van der Waals surface area contributed by atoms with Crippen LogP contribution >= 0.6 is 0 Å². The minimum Gasteiger partial charge on any atom is -0.747 e. The summed E-state index contributed by atoms with van der Waals surface area (Å²) in [5, 5.41) is -1.13. The first-order chi connectivity index (χ1) is 15.9. The third-order valence-electron chi connectivity index (χ3n) is 6.29. The van der Waals surface area contributed by atoms with Crippen molar-refractivity contribution in [1.29, 1.82) is 0 Å². The highest BCUT2D eigenvalue weighted by Crippen LogP contribution is 2.26. The summed E-state index contributed by atoms with van der Waals surface area (Å²) in [5.74, 6) is 5.66. The van der Waals surface area contributed by atoms with Crippen molar-refractivity contribution in [1.82, 2.24) is 9.66 Å². The van der Waals surface area contributed by atoms with E-state index in [4.69, 9.17) is 5.84 Å². The van der Waals surface area contributed by atoms with Gasteiger partial charge in [0, 0.05) is 0 Å². The first-order valence-electron chi connectivity index (χ1n) is 12.6. The fourth-order valence-corrected chi connectivity index (χ4v) is 5.20. The van der Waals surface area contributed by atoms with Crippen LogP contribution in [0.5, 0.6) is 0 Å². The molecular weight excluding hydrogens is 438 g/mol. The molecule has 186 valence electrons. The van der Waals surface area contributed by atoms with Gasteiger partial charge in [-0.15, -0.1) is 0 Å². The fourth-order valence-electron chi connectivity index (χ4n) is 4.32. The summed E-state index contributed by atoms with van der Waals surface area (Å²) in [6, 6.07) is 6.57. The molecule has 0 saturated heterocycles. The Bertz CT molecular complexity index is 1000. The predicted molar refractivity (Wildman–Crippen MR) is 134 cm³/mol. The highest BCUT2D eigenvalue weighted by Gasteiger charge is 2.24. The molecule has 0 aliphatic carbocycles. The molecule has 0 spiro atoms. The Balaban J connectivity index is 1.73. The van der Waals surface area contributed by atoms with Gasteiger partial charge in [-0.05, 0) is 18.6 Å². The van der Waals surface area contributed by atoms with Gasteiger partial charge in [0.15, 0.2) is 0 Å². The monoisotopic (exact) mass is 478 g/mol. The summed E-state index contributed by atoms with van der Waals surface area (Å²) in [6.07, 6.45) is 16.7. The summed E-state index contributed by atoms with van der Waals surface area (Å²) >= 11 is 0. The van der Waals surface area contributed by atoms with E-state index in [9.17, 15) is 17.8 Å². The van der Waals surface area contributed by atoms with Crippen LogP contribution in [-0.2, 0) is 10.1 Å². The average Bonchev–Trinajstić information content (AvgIpc) is 2.78. The zero-order chi connectivity index (χ0) is 24.1. The van der Waals surface area contributed by atoms with E-state index in [1.54, 1.807) is 24.3 Å². The second kappa shape index (κ2) is 14.4.